The minimum atomic E-state index is -0.0776. The first kappa shape index (κ1) is 12.2. The Morgan fingerprint density at radius 1 is 1.27 bits per heavy atom. The Bertz CT molecular complexity index is 351. The van der Waals surface area contributed by atoms with Gasteiger partial charge in [-0.15, -0.1) is 0 Å². The van der Waals surface area contributed by atoms with Gasteiger partial charge in [0.15, 0.2) is 0 Å². The van der Waals surface area contributed by atoms with Crippen LogP contribution >= 0.6 is 15.9 Å². The highest BCUT2D eigenvalue weighted by Crippen LogP contribution is 2.23. The molecule has 1 rings (SSSR count). The van der Waals surface area contributed by atoms with Crippen LogP contribution < -0.4 is 0 Å². The number of benzene rings is 1. The minimum Gasteiger partial charge on any atom is -0.294 e. The molecule has 0 aliphatic rings. The Balaban J connectivity index is 2.89. The summed E-state index contributed by atoms with van der Waals surface area (Å²) in [5.41, 5.74) is 1.19. The molecule has 1 aromatic rings. The molecule has 0 aliphatic heterocycles. The van der Waals surface area contributed by atoms with Gasteiger partial charge in [-0.3, -0.25) is 4.90 Å². The standard InChI is InChI=1S/C12H15BrN2/c1-9(12(8-14)15(2)3)10-4-6-11(13)7-5-10/h4-7,9,12H,1-3H3. The summed E-state index contributed by atoms with van der Waals surface area (Å²) < 4.78 is 1.07. The topological polar surface area (TPSA) is 27.0 Å². The lowest BCUT2D eigenvalue weighted by atomic mass is 9.93. The number of likely N-dealkylation sites (N-methyl/N-ethyl adjacent to an activating group) is 1. The molecule has 0 saturated heterocycles. The van der Waals surface area contributed by atoms with Crippen molar-refractivity contribution in [2.75, 3.05) is 14.1 Å². The van der Waals surface area contributed by atoms with Gasteiger partial charge in [0.2, 0.25) is 0 Å². The summed E-state index contributed by atoms with van der Waals surface area (Å²) in [5.74, 6) is 0.220. The molecule has 0 aromatic heterocycles. The van der Waals surface area contributed by atoms with E-state index in [9.17, 15) is 0 Å². The second-order valence-corrected chi connectivity index (χ2v) is 4.79. The van der Waals surface area contributed by atoms with Crippen LogP contribution in [0.25, 0.3) is 0 Å². The third kappa shape index (κ3) is 3.05. The van der Waals surface area contributed by atoms with Gasteiger partial charge in [-0.25, -0.2) is 0 Å². The third-order valence-corrected chi connectivity index (χ3v) is 3.09. The van der Waals surface area contributed by atoms with E-state index in [0.717, 1.165) is 4.47 Å². The van der Waals surface area contributed by atoms with Crippen LogP contribution in [0.3, 0.4) is 0 Å². The Morgan fingerprint density at radius 2 is 1.80 bits per heavy atom. The molecule has 2 unspecified atom stereocenters. The summed E-state index contributed by atoms with van der Waals surface area (Å²) in [4.78, 5) is 1.95. The van der Waals surface area contributed by atoms with E-state index in [-0.39, 0.29) is 12.0 Å². The normalized spacial score (nSPS) is 14.7. The zero-order valence-electron chi connectivity index (χ0n) is 9.24. The number of rotatable bonds is 3. The summed E-state index contributed by atoms with van der Waals surface area (Å²) in [6, 6.07) is 10.4. The van der Waals surface area contributed by atoms with Crippen molar-refractivity contribution in [1.82, 2.24) is 4.90 Å². The van der Waals surface area contributed by atoms with E-state index in [1.807, 2.05) is 31.1 Å². The molecule has 15 heavy (non-hydrogen) atoms. The van der Waals surface area contributed by atoms with E-state index in [1.165, 1.54) is 5.56 Å². The quantitative estimate of drug-likeness (QED) is 0.841. The van der Waals surface area contributed by atoms with Crippen molar-refractivity contribution in [2.24, 2.45) is 0 Å². The molecule has 0 radical (unpaired) electrons. The zero-order chi connectivity index (χ0) is 11.4. The molecular formula is C12H15BrN2. The monoisotopic (exact) mass is 266 g/mol. The summed E-state index contributed by atoms with van der Waals surface area (Å²) in [6.07, 6.45) is 0. The molecule has 2 nitrogen and oxygen atoms in total. The van der Waals surface area contributed by atoms with Crippen molar-refractivity contribution in [3.8, 4) is 6.07 Å². The summed E-state index contributed by atoms with van der Waals surface area (Å²) in [5, 5.41) is 9.08. The predicted molar refractivity (Wildman–Crippen MR) is 65.6 cm³/mol. The minimum absolute atomic E-state index is 0.0776. The first-order chi connectivity index (χ1) is 7.06. The first-order valence-corrected chi connectivity index (χ1v) is 5.67. The molecule has 0 heterocycles. The van der Waals surface area contributed by atoms with Gasteiger partial charge in [0.1, 0.15) is 6.04 Å². The lowest BCUT2D eigenvalue weighted by Crippen LogP contribution is -2.31. The third-order valence-electron chi connectivity index (χ3n) is 2.56. The van der Waals surface area contributed by atoms with Gasteiger partial charge in [-0.05, 0) is 31.8 Å². The SMILES string of the molecule is CC(c1ccc(Br)cc1)C(C#N)N(C)C. The smallest absolute Gasteiger partial charge is 0.104 e. The van der Waals surface area contributed by atoms with Gasteiger partial charge < -0.3 is 0 Å². The number of halogens is 1. The largest absolute Gasteiger partial charge is 0.294 e. The molecule has 0 spiro atoms. The van der Waals surface area contributed by atoms with E-state index >= 15 is 0 Å². The van der Waals surface area contributed by atoms with E-state index in [2.05, 4.69) is 41.1 Å². The molecule has 0 saturated carbocycles. The van der Waals surface area contributed by atoms with Crippen molar-refractivity contribution in [2.45, 2.75) is 18.9 Å². The van der Waals surface area contributed by atoms with Crippen molar-refractivity contribution >= 4 is 15.9 Å². The number of hydrogen-bond donors (Lipinski definition) is 0. The molecule has 1 aromatic carbocycles. The maximum absolute atomic E-state index is 9.08. The van der Waals surface area contributed by atoms with Gasteiger partial charge in [-0.1, -0.05) is 35.0 Å². The van der Waals surface area contributed by atoms with Gasteiger partial charge >= 0.3 is 0 Å². The van der Waals surface area contributed by atoms with Gasteiger partial charge in [-0.2, -0.15) is 5.26 Å². The van der Waals surface area contributed by atoms with Crippen LogP contribution in [0.4, 0.5) is 0 Å². The lowest BCUT2D eigenvalue weighted by Gasteiger charge is -2.24. The van der Waals surface area contributed by atoms with Crippen molar-refractivity contribution in [3.05, 3.63) is 34.3 Å². The first-order valence-electron chi connectivity index (χ1n) is 4.87. The van der Waals surface area contributed by atoms with Gasteiger partial charge in [0.25, 0.3) is 0 Å². The Hall–Kier alpha value is -0.850. The van der Waals surface area contributed by atoms with Crippen LogP contribution in [0.15, 0.2) is 28.7 Å². The average molecular weight is 267 g/mol. The molecule has 3 heteroatoms. The highest BCUT2D eigenvalue weighted by Gasteiger charge is 2.20. The highest BCUT2D eigenvalue weighted by atomic mass is 79.9. The number of nitriles is 1. The maximum atomic E-state index is 9.08. The Labute approximate surface area is 99.6 Å². The van der Waals surface area contributed by atoms with E-state index in [0.29, 0.717) is 0 Å². The van der Waals surface area contributed by atoms with Crippen molar-refractivity contribution in [3.63, 3.8) is 0 Å². The zero-order valence-corrected chi connectivity index (χ0v) is 10.8. The fourth-order valence-electron chi connectivity index (χ4n) is 1.62. The van der Waals surface area contributed by atoms with Gasteiger partial charge in [0, 0.05) is 10.4 Å². The van der Waals surface area contributed by atoms with Gasteiger partial charge in [0.05, 0.1) is 6.07 Å². The van der Waals surface area contributed by atoms with Crippen LogP contribution in [-0.4, -0.2) is 25.0 Å². The fraction of sp³-hybridized carbons (Fsp3) is 0.417. The molecule has 0 fully saturated rings. The van der Waals surface area contributed by atoms with E-state index < -0.39 is 0 Å². The Morgan fingerprint density at radius 3 is 2.20 bits per heavy atom. The molecule has 0 amide bonds. The fourth-order valence-corrected chi connectivity index (χ4v) is 1.89. The maximum Gasteiger partial charge on any atom is 0.104 e. The lowest BCUT2D eigenvalue weighted by molar-refractivity contribution is 0.316. The number of hydrogen-bond acceptors (Lipinski definition) is 2. The summed E-state index contributed by atoms with van der Waals surface area (Å²) in [6.45, 7) is 2.08. The van der Waals surface area contributed by atoms with Crippen LogP contribution in [0.1, 0.15) is 18.4 Å². The van der Waals surface area contributed by atoms with Crippen LogP contribution in [0.5, 0.6) is 0 Å². The molecule has 80 valence electrons. The predicted octanol–water partition coefficient (Wildman–Crippen LogP) is 3.01. The van der Waals surface area contributed by atoms with Crippen molar-refractivity contribution < 1.29 is 0 Å². The van der Waals surface area contributed by atoms with E-state index in [4.69, 9.17) is 5.26 Å². The van der Waals surface area contributed by atoms with E-state index in [1.54, 1.807) is 0 Å². The van der Waals surface area contributed by atoms with Crippen LogP contribution in [0.2, 0.25) is 0 Å². The highest BCUT2D eigenvalue weighted by molar-refractivity contribution is 9.10. The summed E-state index contributed by atoms with van der Waals surface area (Å²) in [7, 11) is 3.87. The molecule has 0 aliphatic carbocycles. The Kier molecular flexibility index (Phi) is 4.31. The second kappa shape index (κ2) is 5.29. The molecular weight excluding hydrogens is 252 g/mol. The van der Waals surface area contributed by atoms with Crippen LogP contribution in [0, 0.1) is 11.3 Å². The summed E-state index contributed by atoms with van der Waals surface area (Å²) >= 11 is 3.40. The van der Waals surface area contributed by atoms with Crippen molar-refractivity contribution in [1.29, 1.82) is 5.26 Å². The second-order valence-electron chi connectivity index (χ2n) is 3.88. The molecule has 0 bridgehead atoms. The molecule has 2 atom stereocenters. The number of nitrogens with zero attached hydrogens (tertiary/aromatic N) is 2. The average Bonchev–Trinajstić information content (AvgIpc) is 2.19. The van der Waals surface area contributed by atoms with Crippen LogP contribution in [-0.2, 0) is 0 Å². The molecule has 0 N–H and O–H groups in total.